The Morgan fingerprint density at radius 2 is 1.82 bits per heavy atom. The molecule has 0 aliphatic carbocycles. The van der Waals surface area contributed by atoms with Crippen LogP contribution in [-0.2, 0) is 4.79 Å². The second kappa shape index (κ2) is 10.0. The van der Waals surface area contributed by atoms with Gasteiger partial charge in [-0.3, -0.25) is 4.79 Å². The highest BCUT2D eigenvalue weighted by Crippen LogP contribution is 2.34. The van der Waals surface area contributed by atoms with Crippen molar-refractivity contribution >= 4 is 40.9 Å². The van der Waals surface area contributed by atoms with Crippen molar-refractivity contribution in [2.24, 2.45) is 0 Å². The monoisotopic (exact) mass is 418 g/mol. The zero-order valence-corrected chi connectivity index (χ0v) is 17.3. The highest BCUT2D eigenvalue weighted by atomic mass is 35.5. The molecule has 2 aromatic carbocycles. The van der Waals surface area contributed by atoms with Crippen LogP contribution >= 0.6 is 23.2 Å². The summed E-state index contributed by atoms with van der Waals surface area (Å²) in [7, 11) is 0. The first kappa shape index (κ1) is 21.6. The number of halogens is 2. The molecule has 0 aliphatic heterocycles. The lowest BCUT2D eigenvalue weighted by atomic mass is 10.1. The van der Waals surface area contributed by atoms with Gasteiger partial charge in [0.1, 0.15) is 23.1 Å². The van der Waals surface area contributed by atoms with Crippen molar-refractivity contribution in [1.82, 2.24) is 0 Å². The highest BCUT2D eigenvalue weighted by Gasteiger charge is 2.15. The number of anilines is 1. The Balaban J connectivity index is 2.40. The molecule has 0 aromatic heterocycles. The molecule has 1 amide bonds. The Morgan fingerprint density at radius 3 is 2.46 bits per heavy atom. The van der Waals surface area contributed by atoms with Crippen LogP contribution in [0.1, 0.15) is 25.0 Å². The third kappa shape index (κ3) is 5.19. The maximum Gasteiger partial charge on any atom is 0.266 e. The van der Waals surface area contributed by atoms with Gasteiger partial charge in [0.05, 0.1) is 18.2 Å². The maximum atomic E-state index is 12.6. The standard InChI is InChI=1S/C21H20Cl2N2O3/c1-4-27-19-11-20(28-5-2)17(23)10-14(19)9-15(12-24)21(26)25-18-8-6-7-16(22)13(18)3/h6-11H,4-5H2,1-3H3,(H,25,26)/b15-9+. The van der Waals surface area contributed by atoms with Crippen molar-refractivity contribution in [2.75, 3.05) is 18.5 Å². The van der Waals surface area contributed by atoms with Crippen LogP contribution in [-0.4, -0.2) is 19.1 Å². The van der Waals surface area contributed by atoms with Gasteiger partial charge in [-0.2, -0.15) is 5.26 Å². The van der Waals surface area contributed by atoms with E-state index in [1.54, 1.807) is 37.3 Å². The molecule has 0 spiro atoms. The number of amides is 1. The minimum absolute atomic E-state index is 0.0967. The second-order valence-electron chi connectivity index (χ2n) is 5.72. The fraction of sp³-hybridized carbons (Fsp3) is 0.238. The molecule has 0 saturated heterocycles. The second-order valence-corrected chi connectivity index (χ2v) is 6.54. The van der Waals surface area contributed by atoms with Gasteiger partial charge in [0, 0.05) is 22.3 Å². The van der Waals surface area contributed by atoms with Crippen molar-refractivity contribution in [3.8, 4) is 17.6 Å². The van der Waals surface area contributed by atoms with Gasteiger partial charge in [0.25, 0.3) is 5.91 Å². The summed E-state index contributed by atoms with van der Waals surface area (Å²) in [4.78, 5) is 12.6. The summed E-state index contributed by atoms with van der Waals surface area (Å²) in [5, 5.41) is 13.1. The first-order chi connectivity index (χ1) is 13.4. The topological polar surface area (TPSA) is 71.3 Å². The fourth-order valence-corrected chi connectivity index (χ4v) is 2.85. The fourth-order valence-electron chi connectivity index (χ4n) is 2.45. The lowest BCUT2D eigenvalue weighted by Gasteiger charge is -2.13. The van der Waals surface area contributed by atoms with E-state index in [1.165, 1.54) is 6.08 Å². The molecule has 0 fully saturated rings. The Hall–Kier alpha value is -2.68. The third-order valence-corrected chi connectivity index (χ3v) is 4.55. The number of hydrogen-bond acceptors (Lipinski definition) is 4. The third-order valence-electron chi connectivity index (χ3n) is 3.84. The number of carbonyl (C=O) groups excluding carboxylic acids is 1. The van der Waals surface area contributed by atoms with E-state index in [0.717, 1.165) is 0 Å². The largest absolute Gasteiger partial charge is 0.493 e. The average molecular weight is 419 g/mol. The molecule has 0 saturated carbocycles. The summed E-state index contributed by atoms with van der Waals surface area (Å²) in [5.41, 5.74) is 1.66. The number of hydrogen-bond donors (Lipinski definition) is 1. The van der Waals surface area contributed by atoms with Crippen LogP contribution in [0.2, 0.25) is 10.0 Å². The molecule has 1 N–H and O–H groups in total. The lowest BCUT2D eigenvalue weighted by molar-refractivity contribution is -0.112. The minimum atomic E-state index is -0.555. The maximum absolute atomic E-state index is 12.6. The van der Waals surface area contributed by atoms with Crippen molar-refractivity contribution in [3.63, 3.8) is 0 Å². The van der Waals surface area contributed by atoms with Crippen LogP contribution in [0.5, 0.6) is 11.5 Å². The van der Waals surface area contributed by atoms with Gasteiger partial charge in [-0.25, -0.2) is 0 Å². The van der Waals surface area contributed by atoms with Crippen LogP contribution in [0.15, 0.2) is 35.9 Å². The van der Waals surface area contributed by atoms with Crippen molar-refractivity contribution in [3.05, 3.63) is 57.1 Å². The minimum Gasteiger partial charge on any atom is -0.493 e. The van der Waals surface area contributed by atoms with E-state index in [4.69, 9.17) is 32.7 Å². The molecule has 7 heteroatoms. The van der Waals surface area contributed by atoms with Crippen LogP contribution < -0.4 is 14.8 Å². The molecule has 0 heterocycles. The summed E-state index contributed by atoms with van der Waals surface area (Å²) in [5.74, 6) is 0.387. The molecular weight excluding hydrogens is 399 g/mol. The zero-order valence-electron chi connectivity index (χ0n) is 15.8. The quantitative estimate of drug-likeness (QED) is 0.465. The van der Waals surface area contributed by atoms with E-state index in [2.05, 4.69) is 5.32 Å². The number of nitriles is 1. The SMILES string of the molecule is CCOc1cc(OCC)c(/C=C(\C#N)C(=O)Nc2cccc(Cl)c2C)cc1Cl. The Morgan fingerprint density at radius 1 is 1.14 bits per heavy atom. The van der Waals surface area contributed by atoms with Crippen molar-refractivity contribution in [2.45, 2.75) is 20.8 Å². The summed E-state index contributed by atoms with van der Waals surface area (Å²) in [6.45, 7) is 6.32. The molecule has 146 valence electrons. The van der Waals surface area contributed by atoms with E-state index in [9.17, 15) is 10.1 Å². The van der Waals surface area contributed by atoms with Gasteiger partial charge in [0.15, 0.2) is 0 Å². The summed E-state index contributed by atoms with van der Waals surface area (Å²) in [6.07, 6.45) is 1.43. The highest BCUT2D eigenvalue weighted by molar-refractivity contribution is 6.32. The summed E-state index contributed by atoms with van der Waals surface area (Å²) >= 11 is 12.3. The van der Waals surface area contributed by atoms with Crippen LogP contribution in [0, 0.1) is 18.3 Å². The van der Waals surface area contributed by atoms with E-state index < -0.39 is 5.91 Å². The number of benzene rings is 2. The molecule has 0 aliphatic rings. The molecule has 0 atom stereocenters. The van der Waals surface area contributed by atoms with Crippen molar-refractivity contribution in [1.29, 1.82) is 5.26 Å². The van der Waals surface area contributed by atoms with Gasteiger partial charge in [-0.15, -0.1) is 0 Å². The number of nitrogens with one attached hydrogen (secondary N) is 1. The van der Waals surface area contributed by atoms with Gasteiger partial charge < -0.3 is 14.8 Å². The first-order valence-electron chi connectivity index (χ1n) is 8.68. The van der Waals surface area contributed by atoms with Gasteiger partial charge in [-0.05, 0) is 50.6 Å². The number of ether oxygens (including phenoxy) is 2. The molecule has 2 aromatic rings. The summed E-state index contributed by atoms with van der Waals surface area (Å²) in [6, 6.07) is 10.3. The average Bonchev–Trinajstić information content (AvgIpc) is 2.66. The number of carbonyl (C=O) groups is 1. The Kier molecular flexibility index (Phi) is 7.74. The van der Waals surface area contributed by atoms with Gasteiger partial charge in [-0.1, -0.05) is 29.3 Å². The molecule has 0 bridgehead atoms. The Labute approximate surface area is 174 Å². The smallest absolute Gasteiger partial charge is 0.266 e. The van der Waals surface area contributed by atoms with Crippen molar-refractivity contribution < 1.29 is 14.3 Å². The van der Waals surface area contributed by atoms with E-state index in [-0.39, 0.29) is 5.57 Å². The van der Waals surface area contributed by atoms with Crippen LogP contribution in [0.4, 0.5) is 5.69 Å². The van der Waals surface area contributed by atoms with E-state index >= 15 is 0 Å². The van der Waals surface area contributed by atoms with E-state index in [0.29, 0.717) is 51.6 Å². The summed E-state index contributed by atoms with van der Waals surface area (Å²) < 4.78 is 11.1. The first-order valence-corrected chi connectivity index (χ1v) is 9.44. The van der Waals surface area contributed by atoms with Crippen LogP contribution in [0.25, 0.3) is 6.08 Å². The normalized spacial score (nSPS) is 10.9. The molecule has 5 nitrogen and oxygen atoms in total. The molecule has 0 unspecified atom stereocenters. The van der Waals surface area contributed by atoms with Gasteiger partial charge >= 0.3 is 0 Å². The zero-order chi connectivity index (χ0) is 20.7. The number of rotatable bonds is 7. The molecule has 0 radical (unpaired) electrons. The predicted molar refractivity (Wildman–Crippen MR) is 112 cm³/mol. The number of nitrogens with zero attached hydrogens (tertiary/aromatic N) is 1. The van der Waals surface area contributed by atoms with Crippen LogP contribution in [0.3, 0.4) is 0 Å². The lowest BCUT2D eigenvalue weighted by Crippen LogP contribution is -2.14. The van der Waals surface area contributed by atoms with E-state index in [1.807, 2.05) is 19.9 Å². The molecule has 2 rings (SSSR count). The molecular formula is C21H20Cl2N2O3. The Bertz CT molecular complexity index is 949. The molecule has 28 heavy (non-hydrogen) atoms. The van der Waals surface area contributed by atoms with Gasteiger partial charge in [0.2, 0.25) is 0 Å². The predicted octanol–water partition coefficient (Wildman–Crippen LogP) is 5.64.